The smallest absolute Gasteiger partial charge is 0.276 e. The van der Waals surface area contributed by atoms with Gasteiger partial charge in [0.15, 0.2) is 5.69 Å². The maximum absolute atomic E-state index is 12.3. The maximum atomic E-state index is 12.3. The summed E-state index contributed by atoms with van der Waals surface area (Å²) in [5, 5.41) is 7.34. The first-order valence-electron chi connectivity index (χ1n) is 7.09. The number of nitrogens with zero attached hydrogens (tertiary/aromatic N) is 2. The summed E-state index contributed by atoms with van der Waals surface area (Å²) in [4.78, 5) is 24.3. The quantitative estimate of drug-likeness (QED) is 0.906. The molecule has 0 radical (unpaired) electrons. The summed E-state index contributed by atoms with van der Waals surface area (Å²) in [6.45, 7) is 3.85. The van der Waals surface area contributed by atoms with Gasteiger partial charge >= 0.3 is 0 Å². The highest BCUT2D eigenvalue weighted by molar-refractivity contribution is 6.32. The fraction of sp³-hybridized carbons (Fsp3) is 0.312. The molecule has 1 amide bonds. The Labute approximate surface area is 139 Å². The Kier molecular flexibility index (Phi) is 5.52. The normalized spacial score (nSPS) is 12.0. The molecular weight excluding hydrogens is 318 g/mol. The molecular formula is C16H18ClN3O3. The number of methoxy groups -OCH3 is 1. The first kappa shape index (κ1) is 17.2. The molecule has 0 spiro atoms. The minimum atomic E-state index is -0.541. The topological polar surface area (TPSA) is 73.2 Å². The molecule has 0 aliphatic rings. The number of carbonyl (C=O) groups is 1. The molecule has 1 aromatic heterocycles. The van der Waals surface area contributed by atoms with Gasteiger partial charge in [-0.25, -0.2) is 4.68 Å². The summed E-state index contributed by atoms with van der Waals surface area (Å²) in [6.07, 6.45) is 0. The molecule has 1 N–H and O–H groups in total. The van der Waals surface area contributed by atoms with Gasteiger partial charge in [-0.05, 0) is 26.0 Å². The molecule has 23 heavy (non-hydrogen) atoms. The van der Waals surface area contributed by atoms with Gasteiger partial charge in [-0.15, -0.1) is 0 Å². The molecule has 0 aliphatic heterocycles. The lowest BCUT2D eigenvalue weighted by Gasteiger charge is -2.14. The fourth-order valence-electron chi connectivity index (χ4n) is 2.16. The molecule has 0 bridgehead atoms. The van der Waals surface area contributed by atoms with Gasteiger partial charge in [-0.1, -0.05) is 23.7 Å². The van der Waals surface area contributed by atoms with E-state index in [4.69, 9.17) is 16.3 Å². The highest BCUT2D eigenvalue weighted by Crippen LogP contribution is 2.19. The van der Waals surface area contributed by atoms with Crippen LogP contribution in [0.1, 0.15) is 23.1 Å². The Morgan fingerprint density at radius 1 is 1.43 bits per heavy atom. The minimum Gasteiger partial charge on any atom is -0.383 e. The third-order valence-corrected chi connectivity index (χ3v) is 3.52. The lowest BCUT2D eigenvalue weighted by molar-refractivity contribution is 0.0897. The number of aryl methyl sites for hydroxylation is 1. The van der Waals surface area contributed by atoms with E-state index in [9.17, 15) is 9.59 Å². The predicted octanol–water partition coefficient (Wildman–Crippen LogP) is 1.96. The zero-order valence-corrected chi connectivity index (χ0v) is 13.9. The van der Waals surface area contributed by atoms with Crippen molar-refractivity contribution in [2.24, 2.45) is 0 Å². The SMILES string of the molecule is COCC(C)NC(=O)c1nn(-c2ccccc2Cl)c(C)cc1=O. The van der Waals surface area contributed by atoms with Gasteiger partial charge in [0.05, 0.1) is 17.3 Å². The van der Waals surface area contributed by atoms with Gasteiger partial charge in [-0.3, -0.25) is 9.59 Å². The summed E-state index contributed by atoms with van der Waals surface area (Å²) in [5.41, 5.74) is 0.571. The van der Waals surface area contributed by atoms with Crippen molar-refractivity contribution in [3.8, 4) is 5.69 Å². The van der Waals surface area contributed by atoms with E-state index in [0.717, 1.165) is 0 Å². The van der Waals surface area contributed by atoms with Crippen LogP contribution in [0.25, 0.3) is 5.69 Å². The standard InChI is InChI=1S/C16H18ClN3O3/c1-10(9-23-3)18-16(22)15-14(21)8-11(2)20(19-15)13-7-5-4-6-12(13)17/h4-8,10H,9H2,1-3H3,(H,18,22). The van der Waals surface area contributed by atoms with E-state index < -0.39 is 11.3 Å². The summed E-state index contributed by atoms with van der Waals surface area (Å²) < 4.78 is 6.45. The molecule has 2 aromatic rings. The number of amides is 1. The Morgan fingerprint density at radius 2 is 2.13 bits per heavy atom. The molecule has 0 saturated carbocycles. The monoisotopic (exact) mass is 335 g/mol. The Morgan fingerprint density at radius 3 is 2.78 bits per heavy atom. The number of hydrogen-bond donors (Lipinski definition) is 1. The number of ether oxygens (including phenoxy) is 1. The lowest BCUT2D eigenvalue weighted by Crippen LogP contribution is -2.39. The molecule has 2 rings (SSSR count). The lowest BCUT2D eigenvalue weighted by atomic mass is 10.2. The highest BCUT2D eigenvalue weighted by Gasteiger charge is 2.17. The maximum Gasteiger partial charge on any atom is 0.276 e. The molecule has 1 heterocycles. The second-order valence-electron chi connectivity index (χ2n) is 5.19. The predicted molar refractivity (Wildman–Crippen MR) is 88.4 cm³/mol. The van der Waals surface area contributed by atoms with Crippen molar-refractivity contribution in [3.63, 3.8) is 0 Å². The number of aromatic nitrogens is 2. The summed E-state index contributed by atoms with van der Waals surface area (Å²) >= 11 is 6.17. The second-order valence-corrected chi connectivity index (χ2v) is 5.60. The van der Waals surface area contributed by atoms with Crippen LogP contribution < -0.4 is 10.7 Å². The first-order valence-corrected chi connectivity index (χ1v) is 7.47. The van der Waals surface area contributed by atoms with E-state index in [1.807, 2.05) is 0 Å². The van der Waals surface area contributed by atoms with Crippen LogP contribution in [0.2, 0.25) is 5.02 Å². The van der Waals surface area contributed by atoms with Gasteiger partial charge in [0.2, 0.25) is 5.43 Å². The second kappa shape index (κ2) is 7.39. The minimum absolute atomic E-state index is 0.182. The molecule has 122 valence electrons. The number of nitrogens with one attached hydrogen (secondary N) is 1. The van der Waals surface area contributed by atoms with Crippen LogP contribution in [0.3, 0.4) is 0 Å². The van der Waals surface area contributed by atoms with E-state index in [0.29, 0.717) is 23.0 Å². The fourth-order valence-corrected chi connectivity index (χ4v) is 2.37. The molecule has 0 aliphatic carbocycles. The third-order valence-electron chi connectivity index (χ3n) is 3.20. The van der Waals surface area contributed by atoms with Crippen LogP contribution in [-0.4, -0.2) is 35.4 Å². The molecule has 6 nitrogen and oxygen atoms in total. The van der Waals surface area contributed by atoms with E-state index in [1.54, 1.807) is 38.1 Å². The van der Waals surface area contributed by atoms with Crippen LogP contribution in [-0.2, 0) is 4.74 Å². The van der Waals surface area contributed by atoms with E-state index in [2.05, 4.69) is 10.4 Å². The largest absolute Gasteiger partial charge is 0.383 e. The first-order chi connectivity index (χ1) is 10.9. The molecule has 0 fully saturated rings. The van der Waals surface area contributed by atoms with Crippen molar-refractivity contribution in [3.05, 3.63) is 57.0 Å². The van der Waals surface area contributed by atoms with E-state index >= 15 is 0 Å². The number of rotatable bonds is 5. The zero-order valence-electron chi connectivity index (χ0n) is 13.2. The van der Waals surface area contributed by atoms with Crippen molar-refractivity contribution < 1.29 is 9.53 Å². The average Bonchev–Trinajstić information content (AvgIpc) is 2.48. The average molecular weight is 336 g/mol. The molecule has 1 unspecified atom stereocenters. The number of hydrogen-bond acceptors (Lipinski definition) is 4. The van der Waals surface area contributed by atoms with Crippen LogP contribution in [0.5, 0.6) is 0 Å². The van der Waals surface area contributed by atoms with Crippen LogP contribution in [0.15, 0.2) is 35.1 Å². The van der Waals surface area contributed by atoms with E-state index in [1.165, 1.54) is 17.9 Å². The van der Waals surface area contributed by atoms with Crippen molar-refractivity contribution in [1.29, 1.82) is 0 Å². The van der Waals surface area contributed by atoms with Crippen molar-refractivity contribution in [2.45, 2.75) is 19.9 Å². The molecule has 0 saturated heterocycles. The number of carbonyl (C=O) groups excluding carboxylic acids is 1. The van der Waals surface area contributed by atoms with Gasteiger partial charge in [0.1, 0.15) is 0 Å². The third kappa shape index (κ3) is 3.97. The zero-order chi connectivity index (χ0) is 17.0. The van der Waals surface area contributed by atoms with Crippen molar-refractivity contribution >= 4 is 17.5 Å². The van der Waals surface area contributed by atoms with E-state index in [-0.39, 0.29) is 11.7 Å². The number of halogens is 1. The summed E-state index contributed by atoms with van der Waals surface area (Å²) in [7, 11) is 1.54. The summed E-state index contributed by atoms with van der Waals surface area (Å²) in [5.74, 6) is -0.541. The van der Waals surface area contributed by atoms with Crippen LogP contribution in [0, 0.1) is 6.92 Å². The Bertz CT molecular complexity index is 773. The highest BCUT2D eigenvalue weighted by atomic mass is 35.5. The Balaban J connectivity index is 2.43. The number of para-hydroxylation sites is 1. The molecule has 1 aromatic carbocycles. The molecule has 1 atom stereocenters. The van der Waals surface area contributed by atoms with Gasteiger partial charge in [0.25, 0.3) is 5.91 Å². The molecule has 7 heteroatoms. The van der Waals surface area contributed by atoms with Gasteiger partial charge < -0.3 is 10.1 Å². The van der Waals surface area contributed by atoms with Crippen molar-refractivity contribution in [1.82, 2.24) is 15.1 Å². The van der Waals surface area contributed by atoms with Crippen LogP contribution in [0.4, 0.5) is 0 Å². The van der Waals surface area contributed by atoms with Gasteiger partial charge in [-0.2, -0.15) is 5.10 Å². The van der Waals surface area contributed by atoms with Gasteiger partial charge in [0, 0.05) is 24.9 Å². The van der Waals surface area contributed by atoms with Crippen molar-refractivity contribution in [2.75, 3.05) is 13.7 Å². The Hall–Kier alpha value is -2.18. The summed E-state index contributed by atoms with van der Waals surface area (Å²) in [6, 6.07) is 8.22. The number of benzene rings is 1. The van der Waals surface area contributed by atoms with Crippen LogP contribution >= 0.6 is 11.6 Å².